The number of nitrogens with zero attached hydrogens (tertiary/aromatic N) is 4. The van der Waals surface area contributed by atoms with Gasteiger partial charge in [-0.3, -0.25) is 0 Å². The topological polar surface area (TPSA) is 53.7 Å². The van der Waals surface area contributed by atoms with Gasteiger partial charge in [-0.15, -0.1) is 0 Å². The fourth-order valence-electron chi connectivity index (χ4n) is 2.18. The Hall–Kier alpha value is -1.14. The number of halogens is 1. The Morgan fingerprint density at radius 1 is 1.35 bits per heavy atom. The summed E-state index contributed by atoms with van der Waals surface area (Å²) in [5.74, 6) is 0.885. The predicted octanol–water partition coefficient (Wildman–Crippen LogP) is 1.45. The molecule has 2 aromatic rings. The molecular weight excluding hydrogens is 284 g/mol. The molecule has 0 aromatic carbocycles. The molecule has 0 bridgehead atoms. The van der Waals surface area contributed by atoms with Crippen LogP contribution in [0.3, 0.4) is 0 Å². The van der Waals surface area contributed by atoms with Gasteiger partial charge in [-0.25, -0.2) is 9.97 Å². The lowest BCUT2D eigenvalue weighted by molar-refractivity contribution is 0.145. The van der Waals surface area contributed by atoms with Gasteiger partial charge in [0, 0.05) is 31.7 Å². The van der Waals surface area contributed by atoms with E-state index in [1.165, 1.54) is 0 Å². The van der Waals surface area contributed by atoms with E-state index in [1.807, 2.05) is 16.8 Å². The van der Waals surface area contributed by atoms with Crippen LogP contribution in [0.4, 0.5) is 5.82 Å². The van der Waals surface area contributed by atoms with E-state index in [1.54, 1.807) is 6.20 Å². The highest BCUT2D eigenvalue weighted by Crippen LogP contribution is 2.24. The minimum atomic E-state index is -0.172. The minimum absolute atomic E-state index is 0.172. The highest BCUT2D eigenvalue weighted by Gasteiger charge is 2.21. The van der Waals surface area contributed by atoms with E-state index in [0.29, 0.717) is 0 Å². The fourth-order valence-corrected chi connectivity index (χ4v) is 2.56. The van der Waals surface area contributed by atoms with E-state index in [4.69, 9.17) is 0 Å². The molecule has 0 unspecified atom stereocenters. The Labute approximate surface area is 107 Å². The summed E-state index contributed by atoms with van der Waals surface area (Å²) >= 11 is 3.41. The third kappa shape index (κ3) is 2.02. The van der Waals surface area contributed by atoms with Gasteiger partial charge in [0.1, 0.15) is 4.60 Å². The first kappa shape index (κ1) is 11.0. The van der Waals surface area contributed by atoms with Crippen LogP contribution in [0.5, 0.6) is 0 Å². The molecule has 90 valence electrons. The van der Waals surface area contributed by atoms with Gasteiger partial charge >= 0.3 is 0 Å². The Kier molecular flexibility index (Phi) is 2.76. The number of hydrogen-bond donors (Lipinski definition) is 1. The maximum atomic E-state index is 9.52. The summed E-state index contributed by atoms with van der Waals surface area (Å²) in [5.41, 5.74) is 0.865. The van der Waals surface area contributed by atoms with E-state index < -0.39 is 0 Å². The molecule has 5 nitrogen and oxygen atoms in total. The van der Waals surface area contributed by atoms with Crippen molar-refractivity contribution < 1.29 is 5.11 Å². The van der Waals surface area contributed by atoms with Gasteiger partial charge in [-0.2, -0.15) is 0 Å². The van der Waals surface area contributed by atoms with Crippen molar-refractivity contribution in [2.45, 2.75) is 18.9 Å². The van der Waals surface area contributed by atoms with Gasteiger partial charge in [0.15, 0.2) is 11.5 Å². The van der Waals surface area contributed by atoms with E-state index in [0.717, 1.165) is 42.0 Å². The Bertz CT molecular complexity index is 533. The molecule has 1 aliphatic rings. The van der Waals surface area contributed by atoms with Crippen LogP contribution < -0.4 is 4.90 Å². The standard InChI is InChI=1S/C11H13BrN4O/c12-9-7-16-6-3-13-10(16)11(14-9)15-4-1-8(17)2-5-15/h3,6-8,17H,1-2,4-5H2. The lowest BCUT2D eigenvalue weighted by Crippen LogP contribution is -2.36. The van der Waals surface area contributed by atoms with Gasteiger partial charge in [0.2, 0.25) is 0 Å². The highest BCUT2D eigenvalue weighted by atomic mass is 79.9. The third-order valence-electron chi connectivity index (χ3n) is 3.09. The summed E-state index contributed by atoms with van der Waals surface area (Å²) in [5, 5.41) is 9.52. The maximum absolute atomic E-state index is 9.52. The summed E-state index contributed by atoms with van der Waals surface area (Å²) < 4.78 is 2.75. The van der Waals surface area contributed by atoms with Crippen molar-refractivity contribution in [2.24, 2.45) is 0 Å². The number of aliphatic hydroxyl groups is 1. The minimum Gasteiger partial charge on any atom is -0.393 e. The van der Waals surface area contributed by atoms with Crippen LogP contribution in [0.2, 0.25) is 0 Å². The van der Waals surface area contributed by atoms with Crippen molar-refractivity contribution in [1.29, 1.82) is 0 Å². The summed E-state index contributed by atoms with van der Waals surface area (Å²) in [6.45, 7) is 1.65. The smallest absolute Gasteiger partial charge is 0.180 e. The number of hydrogen-bond acceptors (Lipinski definition) is 4. The molecule has 0 amide bonds. The molecule has 17 heavy (non-hydrogen) atoms. The molecule has 0 aliphatic carbocycles. The first-order valence-corrected chi connectivity index (χ1v) is 6.45. The zero-order valence-corrected chi connectivity index (χ0v) is 10.8. The van der Waals surface area contributed by atoms with Crippen molar-refractivity contribution in [3.8, 4) is 0 Å². The van der Waals surface area contributed by atoms with E-state index >= 15 is 0 Å². The predicted molar refractivity (Wildman–Crippen MR) is 68.1 cm³/mol. The molecule has 1 aliphatic heterocycles. The number of rotatable bonds is 1. The number of aromatic nitrogens is 3. The average molecular weight is 297 g/mol. The van der Waals surface area contributed by atoms with Crippen molar-refractivity contribution >= 4 is 27.4 Å². The first-order valence-electron chi connectivity index (χ1n) is 5.66. The SMILES string of the molecule is OC1CCN(c2nc(Br)cn3ccnc23)CC1. The van der Waals surface area contributed by atoms with E-state index in [-0.39, 0.29) is 6.10 Å². The molecular formula is C11H13BrN4O. The largest absolute Gasteiger partial charge is 0.393 e. The van der Waals surface area contributed by atoms with Gasteiger partial charge in [-0.05, 0) is 28.8 Å². The lowest BCUT2D eigenvalue weighted by atomic mass is 10.1. The average Bonchev–Trinajstić information content (AvgIpc) is 2.77. The van der Waals surface area contributed by atoms with E-state index in [9.17, 15) is 5.11 Å². The molecule has 1 fully saturated rings. The van der Waals surface area contributed by atoms with Crippen LogP contribution >= 0.6 is 15.9 Å². The molecule has 1 N–H and O–H groups in total. The Morgan fingerprint density at radius 2 is 2.12 bits per heavy atom. The number of anilines is 1. The summed E-state index contributed by atoms with van der Waals surface area (Å²) in [6, 6.07) is 0. The van der Waals surface area contributed by atoms with Crippen LogP contribution in [0.15, 0.2) is 23.2 Å². The first-order chi connectivity index (χ1) is 8.24. The highest BCUT2D eigenvalue weighted by molar-refractivity contribution is 9.10. The zero-order valence-electron chi connectivity index (χ0n) is 9.25. The van der Waals surface area contributed by atoms with Gasteiger partial charge < -0.3 is 14.4 Å². The van der Waals surface area contributed by atoms with Gasteiger partial charge in [-0.1, -0.05) is 0 Å². The lowest BCUT2D eigenvalue weighted by Gasteiger charge is -2.30. The van der Waals surface area contributed by atoms with E-state index in [2.05, 4.69) is 30.8 Å². The van der Waals surface area contributed by atoms with Gasteiger partial charge in [0.25, 0.3) is 0 Å². The molecule has 2 aromatic heterocycles. The Balaban J connectivity index is 2.01. The number of imidazole rings is 1. The third-order valence-corrected chi connectivity index (χ3v) is 3.47. The fraction of sp³-hybridized carbons (Fsp3) is 0.455. The Morgan fingerprint density at radius 3 is 2.88 bits per heavy atom. The van der Waals surface area contributed by atoms with Crippen LogP contribution in [-0.4, -0.2) is 38.7 Å². The number of fused-ring (bicyclic) bond motifs is 1. The maximum Gasteiger partial charge on any atom is 0.180 e. The zero-order chi connectivity index (χ0) is 11.8. The van der Waals surface area contributed by atoms with Crippen molar-refractivity contribution in [3.05, 3.63) is 23.2 Å². The molecule has 6 heteroatoms. The summed E-state index contributed by atoms with van der Waals surface area (Å²) in [4.78, 5) is 11.0. The summed E-state index contributed by atoms with van der Waals surface area (Å²) in [6.07, 6.45) is 6.98. The second-order valence-electron chi connectivity index (χ2n) is 4.26. The van der Waals surface area contributed by atoms with Crippen molar-refractivity contribution in [2.75, 3.05) is 18.0 Å². The van der Waals surface area contributed by atoms with Crippen LogP contribution in [-0.2, 0) is 0 Å². The van der Waals surface area contributed by atoms with Crippen LogP contribution in [0.25, 0.3) is 5.65 Å². The van der Waals surface area contributed by atoms with Crippen LogP contribution in [0, 0.1) is 0 Å². The van der Waals surface area contributed by atoms with Crippen LogP contribution in [0.1, 0.15) is 12.8 Å². The molecule has 0 saturated carbocycles. The molecule has 0 spiro atoms. The summed E-state index contributed by atoms with van der Waals surface area (Å²) in [7, 11) is 0. The second kappa shape index (κ2) is 4.27. The quantitative estimate of drug-likeness (QED) is 0.865. The van der Waals surface area contributed by atoms with Crippen molar-refractivity contribution in [1.82, 2.24) is 14.4 Å². The normalized spacial score (nSPS) is 17.9. The second-order valence-corrected chi connectivity index (χ2v) is 5.08. The number of piperidine rings is 1. The molecule has 0 atom stereocenters. The van der Waals surface area contributed by atoms with Crippen molar-refractivity contribution in [3.63, 3.8) is 0 Å². The molecule has 0 radical (unpaired) electrons. The number of aliphatic hydroxyl groups excluding tert-OH is 1. The van der Waals surface area contributed by atoms with Gasteiger partial charge in [0.05, 0.1) is 6.10 Å². The molecule has 3 rings (SSSR count). The monoisotopic (exact) mass is 296 g/mol. The molecule has 3 heterocycles. The molecule has 1 saturated heterocycles.